The normalized spacial score (nSPS) is 14.8. The van der Waals surface area contributed by atoms with Gasteiger partial charge in [-0.1, -0.05) is 13.8 Å². The molecule has 0 fully saturated rings. The van der Waals surface area contributed by atoms with Crippen LogP contribution >= 0.6 is 0 Å². The van der Waals surface area contributed by atoms with Crippen molar-refractivity contribution in [2.24, 2.45) is 17.4 Å². The fourth-order valence-electron chi connectivity index (χ4n) is 2.11. The molecule has 0 aromatic rings. The molecule has 3 atom stereocenters. The second-order valence-electron chi connectivity index (χ2n) is 6.30. The first-order valence-corrected chi connectivity index (χ1v) is 7.85. The number of rotatable bonds is 12. The number of esters is 1. The number of carbonyl (C=O) groups excluding carboxylic acids is 2. The van der Waals surface area contributed by atoms with Crippen molar-refractivity contribution in [3.8, 4) is 0 Å². The van der Waals surface area contributed by atoms with E-state index in [1.807, 2.05) is 13.8 Å². The highest BCUT2D eigenvalue weighted by Crippen LogP contribution is 2.12. The van der Waals surface area contributed by atoms with E-state index >= 15 is 0 Å². The number of amides is 1. The van der Waals surface area contributed by atoms with Crippen LogP contribution in [0.5, 0.6) is 0 Å². The topological polar surface area (TPSA) is 173 Å². The lowest BCUT2D eigenvalue weighted by Crippen LogP contribution is -2.47. The second-order valence-corrected chi connectivity index (χ2v) is 6.30. The summed E-state index contributed by atoms with van der Waals surface area (Å²) >= 11 is 0. The van der Waals surface area contributed by atoms with Crippen LogP contribution < -0.4 is 11.5 Å². The Morgan fingerprint density at radius 1 is 1.12 bits per heavy atom. The van der Waals surface area contributed by atoms with Gasteiger partial charge in [0.15, 0.2) is 0 Å². The molecule has 0 bridgehead atoms. The Hall–Kier alpha value is -2.20. The fourth-order valence-corrected chi connectivity index (χ4v) is 2.11. The zero-order valence-electron chi connectivity index (χ0n) is 14.7. The van der Waals surface area contributed by atoms with Gasteiger partial charge in [0, 0.05) is 13.0 Å². The van der Waals surface area contributed by atoms with Crippen molar-refractivity contribution in [3.63, 3.8) is 0 Å². The van der Waals surface area contributed by atoms with Gasteiger partial charge in [0.1, 0.15) is 12.1 Å². The lowest BCUT2D eigenvalue weighted by Gasteiger charge is -2.28. The number of likely N-dealkylation sites (N-methyl/N-ethyl adjacent to an activating group) is 1. The Morgan fingerprint density at radius 2 is 1.68 bits per heavy atom. The first-order chi connectivity index (χ1) is 11.5. The van der Waals surface area contributed by atoms with Crippen LogP contribution in [0.3, 0.4) is 0 Å². The van der Waals surface area contributed by atoms with Gasteiger partial charge in [0.05, 0.1) is 0 Å². The summed E-state index contributed by atoms with van der Waals surface area (Å²) in [6, 6.07) is -2.10. The molecule has 0 aliphatic carbocycles. The van der Waals surface area contributed by atoms with Gasteiger partial charge in [0.2, 0.25) is 12.0 Å². The van der Waals surface area contributed by atoms with Gasteiger partial charge in [-0.2, -0.15) is 0 Å². The molecule has 144 valence electrons. The van der Waals surface area contributed by atoms with Crippen LogP contribution in [0.1, 0.15) is 33.1 Å². The fraction of sp³-hybridized carbons (Fsp3) is 0.733. The first-order valence-electron chi connectivity index (χ1n) is 7.85. The maximum atomic E-state index is 11.8. The molecule has 0 saturated heterocycles. The van der Waals surface area contributed by atoms with E-state index in [1.165, 1.54) is 11.9 Å². The van der Waals surface area contributed by atoms with Crippen molar-refractivity contribution in [2.45, 2.75) is 51.3 Å². The van der Waals surface area contributed by atoms with Crippen LogP contribution in [0.4, 0.5) is 0 Å². The van der Waals surface area contributed by atoms with E-state index in [-0.39, 0.29) is 25.3 Å². The summed E-state index contributed by atoms with van der Waals surface area (Å²) in [6.45, 7) is 3.37. The molecule has 0 rings (SSSR count). The molecule has 1 unspecified atom stereocenters. The predicted octanol–water partition coefficient (Wildman–Crippen LogP) is -0.993. The highest BCUT2D eigenvalue weighted by molar-refractivity contribution is 5.82. The molecule has 10 nitrogen and oxygen atoms in total. The Labute approximate surface area is 146 Å². The van der Waals surface area contributed by atoms with Crippen LogP contribution in [0.25, 0.3) is 0 Å². The lowest BCUT2D eigenvalue weighted by molar-refractivity contribution is -0.167. The standard InChI is InChI=1S/C15H27N3O7/c1-8(2)6-10(13(20)21)18(3)7-11(14(22)23)25-15(24)9(16)4-5-12(17)19/h8-11H,4-7,16H2,1-3H3,(H2,17,19)(H,20,21)(H,22,23)/t9-,10-,11?/m0/s1. The number of primary amides is 1. The van der Waals surface area contributed by atoms with Crippen molar-refractivity contribution in [1.29, 1.82) is 0 Å². The molecule has 0 saturated carbocycles. The van der Waals surface area contributed by atoms with Crippen molar-refractivity contribution in [3.05, 3.63) is 0 Å². The van der Waals surface area contributed by atoms with Crippen molar-refractivity contribution in [1.82, 2.24) is 4.90 Å². The van der Waals surface area contributed by atoms with Gasteiger partial charge in [-0.15, -0.1) is 0 Å². The second kappa shape index (κ2) is 10.6. The van der Waals surface area contributed by atoms with Crippen LogP contribution in [-0.2, 0) is 23.9 Å². The third kappa shape index (κ3) is 9.01. The number of hydrogen-bond acceptors (Lipinski definition) is 7. The van der Waals surface area contributed by atoms with E-state index < -0.39 is 42.0 Å². The highest BCUT2D eigenvalue weighted by Gasteiger charge is 2.31. The Morgan fingerprint density at radius 3 is 2.08 bits per heavy atom. The number of aliphatic carboxylic acids is 2. The Kier molecular flexibility index (Phi) is 9.69. The van der Waals surface area contributed by atoms with E-state index in [9.17, 15) is 29.4 Å². The van der Waals surface area contributed by atoms with Crippen LogP contribution in [-0.4, -0.2) is 70.7 Å². The van der Waals surface area contributed by atoms with Gasteiger partial charge in [-0.05, 0) is 25.8 Å². The Bertz CT molecular complexity index is 496. The molecule has 0 spiro atoms. The number of nitrogens with zero attached hydrogens (tertiary/aromatic N) is 1. The van der Waals surface area contributed by atoms with Crippen molar-refractivity contribution < 1.29 is 34.1 Å². The zero-order chi connectivity index (χ0) is 19.7. The third-order valence-corrected chi connectivity index (χ3v) is 3.50. The van der Waals surface area contributed by atoms with E-state index in [2.05, 4.69) is 0 Å². The largest absolute Gasteiger partial charge is 0.480 e. The van der Waals surface area contributed by atoms with Gasteiger partial charge < -0.3 is 26.4 Å². The zero-order valence-corrected chi connectivity index (χ0v) is 14.7. The van der Waals surface area contributed by atoms with Crippen LogP contribution in [0, 0.1) is 5.92 Å². The molecule has 0 aliphatic rings. The summed E-state index contributed by atoms with van der Waals surface area (Å²) in [6.07, 6.45) is -1.47. The molecule has 0 aromatic carbocycles. The number of nitrogens with two attached hydrogens (primary N) is 2. The predicted molar refractivity (Wildman–Crippen MR) is 87.4 cm³/mol. The number of ether oxygens (including phenoxy) is 1. The molecule has 0 heterocycles. The molecule has 0 aliphatic heterocycles. The highest BCUT2D eigenvalue weighted by atomic mass is 16.6. The molecule has 10 heteroatoms. The minimum Gasteiger partial charge on any atom is -0.480 e. The molecule has 6 N–H and O–H groups in total. The third-order valence-electron chi connectivity index (χ3n) is 3.50. The minimum atomic E-state index is -1.58. The summed E-state index contributed by atoms with van der Waals surface area (Å²) in [5.41, 5.74) is 10.5. The summed E-state index contributed by atoms with van der Waals surface area (Å²) in [4.78, 5) is 46.5. The quantitative estimate of drug-likeness (QED) is 0.318. The smallest absolute Gasteiger partial charge is 0.346 e. The number of hydrogen-bond donors (Lipinski definition) is 4. The minimum absolute atomic E-state index is 0.0680. The van der Waals surface area contributed by atoms with E-state index in [4.69, 9.17) is 16.2 Å². The summed E-state index contributed by atoms with van der Waals surface area (Å²) in [5.74, 6) is -4.06. The van der Waals surface area contributed by atoms with E-state index in [0.717, 1.165) is 0 Å². The monoisotopic (exact) mass is 361 g/mol. The lowest BCUT2D eigenvalue weighted by atomic mass is 10.0. The molecule has 1 amide bonds. The van der Waals surface area contributed by atoms with Gasteiger partial charge in [0.25, 0.3) is 0 Å². The van der Waals surface area contributed by atoms with Gasteiger partial charge >= 0.3 is 17.9 Å². The molecule has 25 heavy (non-hydrogen) atoms. The maximum absolute atomic E-state index is 11.8. The SMILES string of the molecule is CC(C)C[C@@H](C(=O)O)N(C)CC(OC(=O)[C@@H](N)CCC(N)=O)C(=O)O. The number of carbonyl (C=O) groups is 4. The maximum Gasteiger partial charge on any atom is 0.346 e. The molecule has 0 aromatic heterocycles. The van der Waals surface area contributed by atoms with Gasteiger partial charge in [-0.25, -0.2) is 4.79 Å². The molecular weight excluding hydrogens is 334 g/mol. The Balaban J connectivity index is 4.88. The summed E-state index contributed by atoms with van der Waals surface area (Å²) in [5, 5.41) is 18.5. The summed E-state index contributed by atoms with van der Waals surface area (Å²) in [7, 11) is 1.44. The molecule has 0 radical (unpaired) electrons. The average molecular weight is 361 g/mol. The number of carboxylic acid groups (broad SMARTS) is 2. The first kappa shape index (κ1) is 22.8. The van der Waals surface area contributed by atoms with Crippen molar-refractivity contribution in [2.75, 3.05) is 13.6 Å². The molecular formula is C15H27N3O7. The van der Waals surface area contributed by atoms with Crippen LogP contribution in [0.2, 0.25) is 0 Å². The number of carboxylic acids is 2. The van der Waals surface area contributed by atoms with Crippen LogP contribution in [0.15, 0.2) is 0 Å². The van der Waals surface area contributed by atoms with Gasteiger partial charge in [-0.3, -0.25) is 19.3 Å². The van der Waals surface area contributed by atoms with E-state index in [0.29, 0.717) is 6.42 Å². The summed E-state index contributed by atoms with van der Waals surface area (Å²) < 4.78 is 4.86. The van der Waals surface area contributed by atoms with Crippen molar-refractivity contribution >= 4 is 23.8 Å². The van der Waals surface area contributed by atoms with E-state index in [1.54, 1.807) is 0 Å². The average Bonchev–Trinajstić information content (AvgIpc) is 2.48.